The highest BCUT2D eigenvalue weighted by atomic mass is 79.9. The van der Waals surface area contributed by atoms with Crippen LogP contribution in [-0.2, 0) is 0 Å². The third-order valence-corrected chi connectivity index (χ3v) is 2.27. The molecule has 0 aromatic carbocycles. The third kappa shape index (κ3) is 3.44. The summed E-state index contributed by atoms with van der Waals surface area (Å²) in [5.74, 6) is 0.613. The highest BCUT2D eigenvalue weighted by Crippen LogP contribution is 2.11. The zero-order valence-electron chi connectivity index (χ0n) is 6.96. The molecule has 0 saturated carbocycles. The Morgan fingerprint density at radius 1 is 1.54 bits per heavy atom. The van der Waals surface area contributed by atoms with Gasteiger partial charge in [-0.2, -0.15) is 0 Å². The Balaban J connectivity index is 2.66. The van der Waals surface area contributed by atoms with E-state index < -0.39 is 0 Å². The lowest BCUT2D eigenvalue weighted by Gasteiger charge is -1.98. The fourth-order valence-electron chi connectivity index (χ4n) is 0.936. The van der Waals surface area contributed by atoms with E-state index in [1.807, 2.05) is 0 Å². The summed E-state index contributed by atoms with van der Waals surface area (Å²) in [5, 5.41) is 0. The van der Waals surface area contributed by atoms with Gasteiger partial charge in [-0.3, -0.25) is 9.78 Å². The molecule has 0 saturated heterocycles. The summed E-state index contributed by atoms with van der Waals surface area (Å²) < 4.78 is 0.823. The normalized spacial score (nSPS) is 10.0. The van der Waals surface area contributed by atoms with Crippen molar-refractivity contribution in [3.8, 4) is 0 Å². The lowest BCUT2D eigenvalue weighted by atomic mass is 10.1. The number of hydrogen-bond donors (Lipinski definition) is 0. The molecule has 0 bridgehead atoms. The molecule has 4 heteroatoms. The molecule has 0 atom stereocenters. The molecule has 0 spiro atoms. The predicted octanol–water partition coefficient (Wildman–Crippen LogP) is 3.05. The summed E-state index contributed by atoms with van der Waals surface area (Å²) in [6.07, 6.45) is 4.42. The number of nitrogens with zero attached hydrogens (tertiary/aromatic N) is 1. The fourth-order valence-corrected chi connectivity index (χ4v) is 1.43. The van der Waals surface area contributed by atoms with E-state index in [2.05, 4.69) is 20.9 Å². The summed E-state index contributed by atoms with van der Waals surface area (Å²) >= 11 is 8.75. The van der Waals surface area contributed by atoms with Crippen LogP contribution < -0.4 is 0 Å². The molecule has 1 heterocycles. The largest absolute Gasteiger partial charge is 0.294 e. The summed E-state index contributed by atoms with van der Waals surface area (Å²) in [6.45, 7) is 0. The van der Waals surface area contributed by atoms with Gasteiger partial charge in [-0.05, 0) is 28.4 Å². The van der Waals surface area contributed by atoms with Crippen LogP contribution in [0.4, 0.5) is 0 Å². The van der Waals surface area contributed by atoms with Crippen molar-refractivity contribution in [2.75, 3.05) is 5.88 Å². The minimum atomic E-state index is 0.0921. The van der Waals surface area contributed by atoms with Gasteiger partial charge in [0.1, 0.15) is 0 Å². The molecule has 0 N–H and O–H groups in total. The number of Topliss-reactive ketones (excluding diaryl/α,β-unsaturated/α-hetero) is 1. The van der Waals surface area contributed by atoms with Crippen LogP contribution in [0.3, 0.4) is 0 Å². The van der Waals surface area contributed by atoms with Gasteiger partial charge < -0.3 is 0 Å². The first-order chi connectivity index (χ1) is 6.24. The van der Waals surface area contributed by atoms with Crippen molar-refractivity contribution in [1.29, 1.82) is 0 Å². The number of halogens is 2. The highest BCUT2D eigenvalue weighted by molar-refractivity contribution is 9.10. The topological polar surface area (TPSA) is 30.0 Å². The minimum Gasteiger partial charge on any atom is -0.294 e. The Morgan fingerprint density at radius 3 is 2.92 bits per heavy atom. The average molecular weight is 263 g/mol. The van der Waals surface area contributed by atoms with Crippen molar-refractivity contribution in [2.45, 2.75) is 12.8 Å². The van der Waals surface area contributed by atoms with Gasteiger partial charge in [-0.15, -0.1) is 11.6 Å². The average Bonchev–Trinajstić information content (AvgIpc) is 2.14. The van der Waals surface area contributed by atoms with Crippen LogP contribution in [0.25, 0.3) is 0 Å². The van der Waals surface area contributed by atoms with E-state index in [1.54, 1.807) is 18.5 Å². The summed E-state index contributed by atoms with van der Waals surface area (Å²) in [7, 11) is 0. The van der Waals surface area contributed by atoms with Gasteiger partial charge in [-0.25, -0.2) is 0 Å². The first-order valence-corrected chi connectivity index (χ1v) is 5.26. The summed E-state index contributed by atoms with van der Waals surface area (Å²) in [5.41, 5.74) is 0.638. The number of carbonyl (C=O) groups is 1. The molecule has 0 aliphatic rings. The number of rotatable bonds is 4. The zero-order valence-corrected chi connectivity index (χ0v) is 9.31. The van der Waals surface area contributed by atoms with Crippen molar-refractivity contribution < 1.29 is 4.79 Å². The second kappa shape index (κ2) is 5.35. The van der Waals surface area contributed by atoms with E-state index in [4.69, 9.17) is 11.6 Å². The number of carbonyl (C=O) groups excluding carboxylic acids is 1. The zero-order chi connectivity index (χ0) is 9.68. The van der Waals surface area contributed by atoms with E-state index in [0.29, 0.717) is 24.3 Å². The smallest absolute Gasteiger partial charge is 0.164 e. The van der Waals surface area contributed by atoms with Gasteiger partial charge in [-0.1, -0.05) is 0 Å². The number of pyridine rings is 1. The van der Waals surface area contributed by atoms with E-state index >= 15 is 0 Å². The molecule has 70 valence electrons. The first-order valence-electron chi connectivity index (χ1n) is 3.94. The second-order valence-corrected chi connectivity index (χ2v) is 3.90. The van der Waals surface area contributed by atoms with Crippen LogP contribution in [0.1, 0.15) is 23.2 Å². The first kappa shape index (κ1) is 10.7. The standard InChI is InChI=1S/C9H9BrClNO/c10-8-4-7(5-12-6-8)9(13)2-1-3-11/h4-6H,1-3H2. The maximum absolute atomic E-state index is 11.4. The maximum atomic E-state index is 11.4. The summed E-state index contributed by atoms with van der Waals surface area (Å²) in [4.78, 5) is 15.3. The van der Waals surface area contributed by atoms with Crippen LogP contribution in [0.15, 0.2) is 22.9 Å². The predicted molar refractivity (Wildman–Crippen MR) is 56.2 cm³/mol. The quantitative estimate of drug-likeness (QED) is 0.617. The monoisotopic (exact) mass is 261 g/mol. The van der Waals surface area contributed by atoms with E-state index in [0.717, 1.165) is 4.47 Å². The summed E-state index contributed by atoms with van der Waals surface area (Å²) in [6, 6.07) is 1.77. The van der Waals surface area contributed by atoms with Crippen molar-refractivity contribution in [3.05, 3.63) is 28.5 Å². The number of hydrogen-bond acceptors (Lipinski definition) is 2. The van der Waals surface area contributed by atoms with Crippen molar-refractivity contribution in [1.82, 2.24) is 4.98 Å². The Bertz CT molecular complexity index is 303. The molecule has 0 aliphatic heterocycles. The Labute approximate surface area is 90.4 Å². The third-order valence-electron chi connectivity index (χ3n) is 1.56. The number of ketones is 1. The molecule has 1 aromatic heterocycles. The molecular weight excluding hydrogens is 253 g/mol. The van der Waals surface area contributed by atoms with Crippen LogP contribution in [0.5, 0.6) is 0 Å². The SMILES string of the molecule is O=C(CCCCl)c1cncc(Br)c1. The number of alkyl halides is 1. The maximum Gasteiger partial charge on any atom is 0.164 e. The van der Waals surface area contributed by atoms with E-state index in [9.17, 15) is 4.79 Å². The molecule has 0 aliphatic carbocycles. The van der Waals surface area contributed by atoms with Gasteiger partial charge in [0, 0.05) is 34.7 Å². The molecule has 0 amide bonds. The van der Waals surface area contributed by atoms with Crippen LogP contribution >= 0.6 is 27.5 Å². The minimum absolute atomic E-state index is 0.0921. The van der Waals surface area contributed by atoms with E-state index in [-0.39, 0.29) is 5.78 Å². The Kier molecular flexibility index (Phi) is 4.39. The second-order valence-electron chi connectivity index (χ2n) is 2.61. The van der Waals surface area contributed by atoms with Gasteiger partial charge in [0.2, 0.25) is 0 Å². The molecular formula is C9H9BrClNO. The molecule has 0 fully saturated rings. The molecule has 0 radical (unpaired) electrons. The molecule has 1 aromatic rings. The lowest BCUT2D eigenvalue weighted by molar-refractivity contribution is 0.0981. The number of aromatic nitrogens is 1. The molecule has 0 unspecified atom stereocenters. The van der Waals surface area contributed by atoms with Gasteiger partial charge in [0.15, 0.2) is 5.78 Å². The van der Waals surface area contributed by atoms with Crippen LogP contribution in [0.2, 0.25) is 0 Å². The fraction of sp³-hybridized carbons (Fsp3) is 0.333. The lowest BCUT2D eigenvalue weighted by Crippen LogP contribution is -1.99. The van der Waals surface area contributed by atoms with Gasteiger partial charge >= 0.3 is 0 Å². The molecule has 1 rings (SSSR count). The van der Waals surface area contributed by atoms with Gasteiger partial charge in [0.05, 0.1) is 0 Å². The molecule has 13 heavy (non-hydrogen) atoms. The van der Waals surface area contributed by atoms with Crippen LogP contribution in [-0.4, -0.2) is 16.6 Å². The van der Waals surface area contributed by atoms with Crippen molar-refractivity contribution in [2.24, 2.45) is 0 Å². The van der Waals surface area contributed by atoms with Crippen molar-refractivity contribution in [3.63, 3.8) is 0 Å². The van der Waals surface area contributed by atoms with Gasteiger partial charge in [0.25, 0.3) is 0 Å². The Morgan fingerprint density at radius 2 is 2.31 bits per heavy atom. The van der Waals surface area contributed by atoms with E-state index in [1.165, 1.54) is 0 Å². The Hall–Kier alpha value is -0.410. The van der Waals surface area contributed by atoms with Crippen LogP contribution in [0, 0.1) is 0 Å². The van der Waals surface area contributed by atoms with Crippen molar-refractivity contribution >= 4 is 33.3 Å². The molecule has 2 nitrogen and oxygen atoms in total. The highest BCUT2D eigenvalue weighted by Gasteiger charge is 2.05.